The summed E-state index contributed by atoms with van der Waals surface area (Å²) in [6, 6.07) is 0. The highest BCUT2D eigenvalue weighted by molar-refractivity contribution is 4.81. The van der Waals surface area contributed by atoms with Crippen LogP contribution < -0.4 is 0 Å². The highest BCUT2D eigenvalue weighted by Gasteiger charge is 2.29. The molecule has 0 aliphatic heterocycles. The van der Waals surface area contributed by atoms with Crippen molar-refractivity contribution in [3.8, 4) is 0 Å². The molecule has 4 heteroatoms. The molecule has 140 valence electrons. The maximum atomic E-state index is 10.2. The van der Waals surface area contributed by atoms with Gasteiger partial charge in [-0.25, -0.2) is 0 Å². The minimum absolute atomic E-state index is 0.0608. The summed E-state index contributed by atoms with van der Waals surface area (Å²) in [4.78, 5) is 0. The van der Waals surface area contributed by atoms with E-state index < -0.39 is 5.60 Å². The van der Waals surface area contributed by atoms with Crippen LogP contribution >= 0.6 is 0 Å². The van der Waals surface area contributed by atoms with E-state index in [0.29, 0.717) is 0 Å². The number of aliphatic hydroxyl groups is 4. The summed E-state index contributed by atoms with van der Waals surface area (Å²) >= 11 is 0. The van der Waals surface area contributed by atoms with Gasteiger partial charge in [0.1, 0.15) is 0 Å². The summed E-state index contributed by atoms with van der Waals surface area (Å²) in [5.41, 5.74) is -0.663. The number of hydrogen-bond acceptors (Lipinski definition) is 4. The molecule has 0 aromatic rings. The van der Waals surface area contributed by atoms with E-state index in [1.807, 2.05) is 13.8 Å². The van der Waals surface area contributed by atoms with Gasteiger partial charge in [0.05, 0.1) is 5.60 Å². The van der Waals surface area contributed by atoms with Gasteiger partial charge in [-0.05, 0) is 63.7 Å². The van der Waals surface area contributed by atoms with Crippen LogP contribution in [0.5, 0.6) is 0 Å². The van der Waals surface area contributed by atoms with Crippen LogP contribution in [0.15, 0.2) is 0 Å². The summed E-state index contributed by atoms with van der Waals surface area (Å²) in [5.74, 6) is 0. The summed E-state index contributed by atoms with van der Waals surface area (Å²) in [5, 5.41) is 38.0. The minimum atomic E-state index is -0.602. The molecule has 0 amide bonds. The predicted octanol–water partition coefficient (Wildman–Crippen LogP) is 3.40. The molecular formula is C19H40O4. The monoisotopic (exact) mass is 332 g/mol. The first-order chi connectivity index (χ1) is 10.9. The summed E-state index contributed by atoms with van der Waals surface area (Å²) in [7, 11) is 0. The average Bonchev–Trinajstić information content (AvgIpc) is 2.55. The zero-order chi connectivity index (χ0) is 17.6. The Morgan fingerprint density at radius 1 is 0.652 bits per heavy atom. The van der Waals surface area contributed by atoms with E-state index in [2.05, 4.69) is 0 Å². The van der Waals surface area contributed by atoms with Gasteiger partial charge >= 0.3 is 0 Å². The van der Waals surface area contributed by atoms with Crippen molar-refractivity contribution in [2.45, 2.75) is 96.5 Å². The van der Waals surface area contributed by atoms with Crippen LogP contribution in [0.1, 0.15) is 90.9 Å². The Labute approximate surface area is 142 Å². The normalized spacial score (nSPS) is 14.9. The number of unbranched alkanes of at least 4 members (excludes halogenated alkanes) is 4. The molecule has 0 aromatic carbocycles. The molecule has 0 saturated carbocycles. The van der Waals surface area contributed by atoms with Gasteiger partial charge in [0.15, 0.2) is 0 Å². The third kappa shape index (κ3) is 11.1. The Morgan fingerprint density at radius 2 is 1.13 bits per heavy atom. The minimum Gasteiger partial charge on any atom is -0.396 e. The fourth-order valence-corrected chi connectivity index (χ4v) is 3.21. The molecule has 0 aromatic heterocycles. The van der Waals surface area contributed by atoms with E-state index in [9.17, 15) is 10.2 Å². The quantitative estimate of drug-likeness (QED) is 0.327. The molecule has 0 saturated heterocycles. The van der Waals surface area contributed by atoms with E-state index in [4.69, 9.17) is 10.2 Å². The van der Waals surface area contributed by atoms with Crippen molar-refractivity contribution in [1.82, 2.24) is 0 Å². The van der Waals surface area contributed by atoms with E-state index >= 15 is 0 Å². The Bertz CT molecular complexity index is 254. The molecule has 0 aliphatic rings. The Balaban J connectivity index is 4.47. The third-order valence-corrected chi connectivity index (χ3v) is 5.25. The van der Waals surface area contributed by atoms with Crippen LogP contribution in [0.2, 0.25) is 0 Å². The zero-order valence-electron chi connectivity index (χ0n) is 15.4. The van der Waals surface area contributed by atoms with Gasteiger partial charge in [-0.3, -0.25) is 0 Å². The number of hydrogen-bond donors (Lipinski definition) is 4. The first-order valence-electron chi connectivity index (χ1n) is 9.50. The lowest BCUT2D eigenvalue weighted by atomic mass is 9.74. The lowest BCUT2D eigenvalue weighted by Crippen LogP contribution is -2.28. The number of aliphatic hydroxyl groups excluding tert-OH is 3. The van der Waals surface area contributed by atoms with Gasteiger partial charge in [-0.15, -0.1) is 0 Å². The molecule has 0 radical (unpaired) electrons. The van der Waals surface area contributed by atoms with Crippen molar-refractivity contribution in [1.29, 1.82) is 0 Å². The highest BCUT2D eigenvalue weighted by atomic mass is 16.3. The lowest BCUT2D eigenvalue weighted by molar-refractivity contribution is 0.0316. The lowest BCUT2D eigenvalue weighted by Gasteiger charge is -2.34. The van der Waals surface area contributed by atoms with Crippen molar-refractivity contribution >= 4 is 0 Å². The first kappa shape index (κ1) is 22.8. The Kier molecular flexibility index (Phi) is 13.1. The second-order valence-electron chi connectivity index (χ2n) is 7.43. The summed E-state index contributed by atoms with van der Waals surface area (Å²) in [6.07, 6.45) is 11.1. The molecule has 1 unspecified atom stereocenters. The SMILES string of the molecule is CCC(C)(O)CCCC(CO)(CCCCCO)CCCCCO. The fourth-order valence-electron chi connectivity index (χ4n) is 3.21. The average molecular weight is 333 g/mol. The first-order valence-corrected chi connectivity index (χ1v) is 9.50. The van der Waals surface area contributed by atoms with Gasteiger partial charge in [0.25, 0.3) is 0 Å². The third-order valence-electron chi connectivity index (χ3n) is 5.25. The maximum Gasteiger partial charge on any atom is 0.0617 e. The topological polar surface area (TPSA) is 80.9 Å². The van der Waals surface area contributed by atoms with Gasteiger partial charge in [-0.2, -0.15) is 0 Å². The van der Waals surface area contributed by atoms with Crippen molar-refractivity contribution < 1.29 is 20.4 Å². The largest absolute Gasteiger partial charge is 0.396 e. The van der Waals surface area contributed by atoms with Gasteiger partial charge < -0.3 is 20.4 Å². The maximum absolute atomic E-state index is 10.2. The molecule has 23 heavy (non-hydrogen) atoms. The van der Waals surface area contributed by atoms with Crippen LogP contribution in [0.3, 0.4) is 0 Å². The van der Waals surface area contributed by atoms with Crippen LogP contribution in [0, 0.1) is 5.41 Å². The smallest absolute Gasteiger partial charge is 0.0617 e. The van der Waals surface area contributed by atoms with Crippen LogP contribution in [-0.4, -0.2) is 45.8 Å². The van der Waals surface area contributed by atoms with Crippen LogP contribution in [-0.2, 0) is 0 Å². The van der Waals surface area contributed by atoms with Crippen molar-refractivity contribution in [2.75, 3.05) is 19.8 Å². The second-order valence-corrected chi connectivity index (χ2v) is 7.43. The molecule has 0 aliphatic carbocycles. The predicted molar refractivity (Wildman–Crippen MR) is 95.4 cm³/mol. The molecule has 0 bridgehead atoms. The Hall–Kier alpha value is -0.160. The molecule has 0 spiro atoms. The van der Waals surface area contributed by atoms with Gasteiger partial charge in [0.2, 0.25) is 0 Å². The second kappa shape index (κ2) is 13.2. The molecule has 4 nitrogen and oxygen atoms in total. The highest BCUT2D eigenvalue weighted by Crippen LogP contribution is 2.37. The molecule has 0 rings (SSSR count). The summed E-state index contributed by atoms with van der Waals surface area (Å²) in [6.45, 7) is 4.56. The van der Waals surface area contributed by atoms with Gasteiger partial charge in [0, 0.05) is 19.8 Å². The number of rotatable bonds is 16. The van der Waals surface area contributed by atoms with Gasteiger partial charge in [-0.1, -0.05) is 32.6 Å². The molecule has 0 fully saturated rings. The van der Waals surface area contributed by atoms with E-state index in [1.54, 1.807) is 0 Å². The van der Waals surface area contributed by atoms with E-state index in [0.717, 1.165) is 77.0 Å². The standard InChI is InChI=1S/C19H40O4/c1-3-18(2,23)11-10-14-19(17-22,12-6-4-8-15-20)13-7-5-9-16-21/h20-23H,3-17H2,1-2H3. The van der Waals surface area contributed by atoms with Crippen LogP contribution in [0.25, 0.3) is 0 Å². The van der Waals surface area contributed by atoms with E-state index in [1.165, 1.54) is 0 Å². The van der Waals surface area contributed by atoms with Crippen LogP contribution in [0.4, 0.5) is 0 Å². The zero-order valence-corrected chi connectivity index (χ0v) is 15.4. The molecule has 4 N–H and O–H groups in total. The Morgan fingerprint density at radius 3 is 1.52 bits per heavy atom. The fraction of sp³-hybridized carbons (Fsp3) is 1.00. The van der Waals surface area contributed by atoms with Crippen molar-refractivity contribution in [3.63, 3.8) is 0 Å². The summed E-state index contributed by atoms with van der Waals surface area (Å²) < 4.78 is 0. The molecule has 1 atom stereocenters. The molecule has 0 heterocycles. The van der Waals surface area contributed by atoms with Crippen molar-refractivity contribution in [3.05, 3.63) is 0 Å². The van der Waals surface area contributed by atoms with E-state index in [-0.39, 0.29) is 25.2 Å². The molecular weight excluding hydrogens is 292 g/mol. The van der Waals surface area contributed by atoms with Crippen molar-refractivity contribution in [2.24, 2.45) is 5.41 Å².